The van der Waals surface area contributed by atoms with E-state index in [1.165, 1.54) is 0 Å². The number of aryl methyl sites for hydroxylation is 4. The summed E-state index contributed by atoms with van der Waals surface area (Å²) in [6.07, 6.45) is 3.23. The molecule has 0 atom stereocenters. The highest BCUT2D eigenvalue weighted by Gasteiger charge is 2.29. The van der Waals surface area contributed by atoms with E-state index in [4.69, 9.17) is 4.74 Å². The van der Waals surface area contributed by atoms with Crippen molar-refractivity contribution in [2.75, 3.05) is 6.61 Å². The smallest absolute Gasteiger partial charge is 0.358 e. The Hall–Kier alpha value is -5.92. The Labute approximate surface area is 262 Å². The lowest BCUT2D eigenvalue weighted by Gasteiger charge is -2.10. The molecule has 4 aromatic heterocycles. The van der Waals surface area contributed by atoms with Crippen molar-refractivity contribution in [3.8, 4) is 33.9 Å². The van der Waals surface area contributed by atoms with Crippen LogP contribution in [0.25, 0.3) is 33.9 Å². The van der Waals surface area contributed by atoms with Gasteiger partial charge in [-0.3, -0.25) is 9.13 Å². The predicted molar refractivity (Wildman–Crippen MR) is 165 cm³/mol. The maximum Gasteiger partial charge on any atom is 0.358 e. The van der Waals surface area contributed by atoms with Crippen molar-refractivity contribution >= 4 is 11.9 Å². The lowest BCUT2D eigenvalue weighted by molar-refractivity contribution is 0.0518. The van der Waals surface area contributed by atoms with Crippen molar-refractivity contribution in [2.45, 2.75) is 47.7 Å². The molecule has 2 aliphatic rings. The first-order chi connectivity index (χ1) is 22.2. The lowest BCUT2D eigenvalue weighted by Crippen LogP contribution is -2.12. The molecule has 6 heterocycles. The first-order valence-electron chi connectivity index (χ1n) is 14.7. The number of carbonyl (C=O) groups is 2. The Bertz CT molecular complexity index is 2180. The maximum atomic E-state index is 12.2. The van der Waals surface area contributed by atoms with E-state index in [0.29, 0.717) is 31.1 Å². The zero-order valence-corrected chi connectivity index (χ0v) is 25.9. The third-order valence-electron chi connectivity index (χ3n) is 8.14. The Morgan fingerprint density at radius 2 is 1.24 bits per heavy atom. The van der Waals surface area contributed by atoms with Crippen LogP contribution >= 0.6 is 0 Å². The molecule has 0 amide bonds. The predicted octanol–water partition coefficient (Wildman–Crippen LogP) is 4.09. The molecular weight excluding hydrogens is 588 g/mol. The van der Waals surface area contributed by atoms with Crippen LogP contribution in [0.4, 0.5) is 0 Å². The van der Waals surface area contributed by atoms with Gasteiger partial charge in [0.2, 0.25) is 0 Å². The van der Waals surface area contributed by atoms with Crippen molar-refractivity contribution in [3.05, 3.63) is 94.3 Å². The number of hydrogen-bond donors (Lipinski definition) is 1. The maximum absolute atomic E-state index is 12.2. The normalized spacial score (nSPS) is 12.2. The number of aromatic carboxylic acids is 1. The largest absolute Gasteiger partial charge is 0.476 e. The van der Waals surface area contributed by atoms with Crippen molar-refractivity contribution in [2.24, 2.45) is 0 Å². The molecule has 0 saturated carbocycles. The monoisotopic (exact) mass is 618 g/mol. The number of carboxylic acid groups (broad SMARTS) is 1. The van der Waals surface area contributed by atoms with Crippen LogP contribution < -0.4 is 0 Å². The lowest BCUT2D eigenvalue weighted by atomic mass is 10.0. The summed E-state index contributed by atoms with van der Waals surface area (Å²) >= 11 is 0. The zero-order chi connectivity index (χ0) is 32.3. The van der Waals surface area contributed by atoms with E-state index in [2.05, 4.69) is 42.7 Å². The molecule has 2 aliphatic heterocycles. The minimum absolute atomic E-state index is 0.0486. The highest BCUT2D eigenvalue weighted by Crippen LogP contribution is 2.36. The van der Waals surface area contributed by atoms with Crippen molar-refractivity contribution in [1.29, 1.82) is 0 Å². The average molecular weight is 619 g/mol. The van der Waals surface area contributed by atoms with Crippen molar-refractivity contribution in [1.82, 2.24) is 49.1 Å². The molecular formula is C32H30N10O4. The van der Waals surface area contributed by atoms with Crippen molar-refractivity contribution in [3.63, 3.8) is 0 Å². The first-order valence-corrected chi connectivity index (χ1v) is 14.7. The summed E-state index contributed by atoms with van der Waals surface area (Å²) in [6.45, 7) is 10.7. The second kappa shape index (κ2) is 10.9. The Balaban J connectivity index is 0.000000147. The minimum atomic E-state index is -1.04. The van der Waals surface area contributed by atoms with Gasteiger partial charge in [0.25, 0.3) is 0 Å². The van der Waals surface area contributed by atoms with Crippen LogP contribution in [0.5, 0.6) is 0 Å². The summed E-state index contributed by atoms with van der Waals surface area (Å²) in [5.74, 6) is -1.46. The average Bonchev–Trinajstić information content (AvgIpc) is 3.77. The molecule has 14 heteroatoms. The topological polar surface area (TPSA) is 161 Å². The van der Waals surface area contributed by atoms with Gasteiger partial charge in [-0.2, -0.15) is 0 Å². The van der Waals surface area contributed by atoms with Crippen LogP contribution in [0.15, 0.2) is 49.1 Å². The van der Waals surface area contributed by atoms with Gasteiger partial charge in [0.1, 0.15) is 12.7 Å². The second-order valence-corrected chi connectivity index (χ2v) is 11.2. The highest BCUT2D eigenvalue weighted by molar-refractivity contribution is 5.89. The summed E-state index contributed by atoms with van der Waals surface area (Å²) in [4.78, 5) is 32.0. The number of imidazole rings is 2. The van der Waals surface area contributed by atoms with E-state index in [1.807, 2.05) is 65.8 Å². The number of carbonyl (C=O) groups excluding carboxylic acids is 1. The van der Waals surface area contributed by atoms with Crippen molar-refractivity contribution < 1.29 is 19.4 Å². The van der Waals surface area contributed by atoms with Gasteiger partial charge in [-0.1, -0.05) is 33.7 Å². The van der Waals surface area contributed by atoms with Crippen LogP contribution in [0.2, 0.25) is 0 Å². The van der Waals surface area contributed by atoms with E-state index >= 15 is 0 Å². The number of esters is 1. The molecule has 6 aromatic rings. The fraction of sp³-hybridized carbons (Fsp3) is 0.250. The fourth-order valence-corrected chi connectivity index (χ4v) is 6.09. The summed E-state index contributed by atoms with van der Waals surface area (Å²) in [5, 5.41) is 26.1. The quantitative estimate of drug-likeness (QED) is 0.286. The molecule has 8 rings (SSSR count). The van der Waals surface area contributed by atoms with Crippen LogP contribution in [0.3, 0.4) is 0 Å². The van der Waals surface area contributed by atoms with Gasteiger partial charge in [0, 0.05) is 11.1 Å². The molecule has 1 N–H and O–H groups in total. The number of hydrogen-bond acceptors (Lipinski definition) is 9. The van der Waals surface area contributed by atoms with E-state index in [9.17, 15) is 14.7 Å². The Morgan fingerprint density at radius 3 is 1.72 bits per heavy atom. The number of fused-ring (bicyclic) bond motifs is 10. The van der Waals surface area contributed by atoms with E-state index in [-0.39, 0.29) is 5.69 Å². The number of benzene rings is 2. The number of nitrogens with zero attached hydrogens (tertiary/aromatic N) is 10. The molecule has 2 aromatic carbocycles. The van der Waals surface area contributed by atoms with Crippen LogP contribution in [-0.4, -0.2) is 72.7 Å². The molecule has 0 unspecified atom stereocenters. The molecule has 46 heavy (non-hydrogen) atoms. The SMILES string of the molecule is CCOC(=O)c1ncn2c1Cn1nnc(C)c1-c1cc(C)ccc1-2.Cc1ccc2c(c1)-c1c(C)nnn1Cc1c(C(=O)O)ncn1-2. The Morgan fingerprint density at radius 1 is 0.761 bits per heavy atom. The van der Waals surface area contributed by atoms with E-state index in [0.717, 1.165) is 62.1 Å². The summed E-state index contributed by atoms with van der Waals surface area (Å²) < 4.78 is 12.5. The van der Waals surface area contributed by atoms with Gasteiger partial charge in [0.05, 0.1) is 65.2 Å². The van der Waals surface area contributed by atoms with Crippen LogP contribution in [0, 0.1) is 27.7 Å². The molecule has 0 spiro atoms. The van der Waals surface area contributed by atoms with Gasteiger partial charge < -0.3 is 9.84 Å². The number of ether oxygens (including phenoxy) is 1. The van der Waals surface area contributed by atoms with Gasteiger partial charge in [0.15, 0.2) is 11.4 Å². The molecule has 0 radical (unpaired) electrons. The van der Waals surface area contributed by atoms with Gasteiger partial charge in [-0.05, 0) is 58.9 Å². The van der Waals surface area contributed by atoms with Gasteiger partial charge >= 0.3 is 11.9 Å². The molecule has 0 aliphatic carbocycles. The third-order valence-corrected chi connectivity index (χ3v) is 8.14. The highest BCUT2D eigenvalue weighted by atomic mass is 16.5. The number of aromatic nitrogens is 10. The fourth-order valence-electron chi connectivity index (χ4n) is 6.09. The van der Waals surface area contributed by atoms with Crippen LogP contribution in [0.1, 0.15) is 61.8 Å². The van der Waals surface area contributed by atoms with E-state index < -0.39 is 11.9 Å². The molecule has 14 nitrogen and oxygen atoms in total. The standard InChI is InChI=1S/C17H17N5O2.C15H13N5O2/c1-4-24-17(23)15-14-8-22-16(11(3)19-20-22)12-7-10(2)5-6-13(12)21(14)9-18-15;1-8-3-4-11-10(5-8)14-9(2)17-18-20(14)6-12-13(15(21)22)16-7-19(11)12/h5-7,9H,4,8H2,1-3H3;3-5,7H,6H2,1-2H3,(H,21,22). The van der Waals surface area contributed by atoms with E-state index in [1.54, 1.807) is 24.3 Å². The second-order valence-electron chi connectivity index (χ2n) is 11.2. The molecule has 0 fully saturated rings. The molecule has 0 saturated heterocycles. The van der Waals surface area contributed by atoms with Crippen LogP contribution in [-0.2, 0) is 17.8 Å². The third kappa shape index (κ3) is 4.57. The molecule has 232 valence electrons. The van der Waals surface area contributed by atoms with Gasteiger partial charge in [-0.15, -0.1) is 10.2 Å². The summed E-state index contributed by atoms with van der Waals surface area (Å²) in [6, 6.07) is 12.2. The zero-order valence-electron chi connectivity index (χ0n) is 25.9. The summed E-state index contributed by atoms with van der Waals surface area (Å²) in [5.41, 5.74) is 11.4. The Kier molecular flexibility index (Phi) is 6.84. The number of carboxylic acids is 1. The number of rotatable bonds is 3. The minimum Gasteiger partial charge on any atom is -0.476 e. The molecule has 0 bridgehead atoms. The summed E-state index contributed by atoms with van der Waals surface area (Å²) in [7, 11) is 0. The first kappa shape index (κ1) is 28.8. The van der Waals surface area contributed by atoms with Gasteiger partial charge in [-0.25, -0.2) is 28.9 Å².